The van der Waals surface area contributed by atoms with E-state index in [1.54, 1.807) is 11.3 Å². The van der Waals surface area contributed by atoms with Crippen LogP contribution >= 0.6 is 11.3 Å². The zero-order valence-electron chi connectivity index (χ0n) is 10.7. The van der Waals surface area contributed by atoms with Crippen molar-refractivity contribution >= 4 is 17.2 Å². The fraction of sp³-hybridized carbons (Fsp3) is 0.643. The number of nitrogens with one attached hydrogen (secondary N) is 1. The molecule has 2 rings (SSSR count). The molecule has 4 heteroatoms. The predicted octanol–water partition coefficient (Wildman–Crippen LogP) is 2.46. The first-order valence-corrected chi connectivity index (χ1v) is 7.71. The molecule has 1 fully saturated rings. The van der Waals surface area contributed by atoms with E-state index in [0.717, 1.165) is 25.7 Å². The maximum Gasteiger partial charge on any atom is 0.220 e. The summed E-state index contributed by atoms with van der Waals surface area (Å²) in [7, 11) is 0. The average Bonchev–Trinajstić information content (AvgIpc) is 2.85. The summed E-state index contributed by atoms with van der Waals surface area (Å²) >= 11 is 1.76. The van der Waals surface area contributed by atoms with Crippen molar-refractivity contribution in [2.45, 2.75) is 57.0 Å². The molecule has 2 unspecified atom stereocenters. The van der Waals surface area contributed by atoms with Crippen molar-refractivity contribution in [3.8, 4) is 0 Å². The molecular formula is C14H22N2OS. The first-order chi connectivity index (χ1) is 8.75. The largest absolute Gasteiger partial charge is 0.352 e. The molecule has 0 bridgehead atoms. The van der Waals surface area contributed by atoms with E-state index in [1.807, 2.05) is 0 Å². The molecule has 18 heavy (non-hydrogen) atoms. The average molecular weight is 266 g/mol. The van der Waals surface area contributed by atoms with Gasteiger partial charge in [0, 0.05) is 23.4 Å². The topological polar surface area (TPSA) is 55.1 Å². The van der Waals surface area contributed by atoms with Crippen LogP contribution in [0.3, 0.4) is 0 Å². The third-order valence-corrected chi connectivity index (χ3v) is 4.51. The number of amides is 1. The van der Waals surface area contributed by atoms with Crippen molar-refractivity contribution in [1.29, 1.82) is 0 Å². The molecule has 0 spiro atoms. The van der Waals surface area contributed by atoms with Crippen LogP contribution in [0, 0.1) is 0 Å². The van der Waals surface area contributed by atoms with E-state index >= 15 is 0 Å². The van der Waals surface area contributed by atoms with Gasteiger partial charge in [-0.15, -0.1) is 11.3 Å². The van der Waals surface area contributed by atoms with Crippen molar-refractivity contribution in [2.75, 3.05) is 0 Å². The summed E-state index contributed by atoms with van der Waals surface area (Å²) < 4.78 is 0. The van der Waals surface area contributed by atoms with E-state index in [9.17, 15) is 4.79 Å². The minimum absolute atomic E-state index is 0.153. The molecule has 1 amide bonds. The second-order valence-corrected chi connectivity index (χ2v) is 6.09. The minimum atomic E-state index is 0.153. The lowest BCUT2D eigenvalue weighted by molar-refractivity contribution is -0.122. The molecule has 3 N–H and O–H groups in total. The maximum atomic E-state index is 11.8. The zero-order chi connectivity index (χ0) is 12.8. The highest BCUT2D eigenvalue weighted by molar-refractivity contribution is 7.09. The Morgan fingerprint density at radius 1 is 1.44 bits per heavy atom. The van der Waals surface area contributed by atoms with Gasteiger partial charge in [0.15, 0.2) is 0 Å². The Balaban J connectivity index is 1.65. The van der Waals surface area contributed by atoms with Gasteiger partial charge in [0.2, 0.25) is 5.91 Å². The van der Waals surface area contributed by atoms with Gasteiger partial charge in [-0.25, -0.2) is 0 Å². The van der Waals surface area contributed by atoms with Gasteiger partial charge in [0.05, 0.1) is 0 Å². The fourth-order valence-corrected chi connectivity index (χ4v) is 3.25. The lowest BCUT2D eigenvalue weighted by Gasteiger charge is -2.29. The fourth-order valence-electron chi connectivity index (χ4n) is 2.50. The Morgan fingerprint density at radius 2 is 2.28 bits per heavy atom. The lowest BCUT2D eigenvalue weighted by Crippen LogP contribution is -2.49. The summed E-state index contributed by atoms with van der Waals surface area (Å²) in [5, 5.41) is 5.17. The Labute approximate surface area is 113 Å². The number of rotatable bonds is 5. The summed E-state index contributed by atoms with van der Waals surface area (Å²) in [5.74, 6) is 0.161. The standard InChI is InChI=1S/C14H22N2OS/c15-12-7-1-2-8-13(12)16-14(17)9-3-5-11-6-4-10-18-11/h4,6,10,12-13H,1-3,5,7-9,15H2,(H,16,17). The molecule has 100 valence electrons. The van der Waals surface area contributed by atoms with Crippen molar-refractivity contribution in [2.24, 2.45) is 5.73 Å². The van der Waals surface area contributed by atoms with Crippen LogP contribution in [-0.4, -0.2) is 18.0 Å². The summed E-state index contributed by atoms with van der Waals surface area (Å²) in [5.41, 5.74) is 6.02. The van der Waals surface area contributed by atoms with Crippen LogP contribution in [0.4, 0.5) is 0 Å². The number of carbonyl (C=O) groups is 1. The molecule has 1 aromatic heterocycles. The molecule has 0 aromatic carbocycles. The summed E-state index contributed by atoms with van der Waals surface area (Å²) in [6.07, 6.45) is 7.01. The molecule has 0 aliphatic heterocycles. The van der Waals surface area contributed by atoms with Crippen molar-refractivity contribution in [3.63, 3.8) is 0 Å². The zero-order valence-corrected chi connectivity index (χ0v) is 11.5. The number of carbonyl (C=O) groups excluding carboxylic acids is 1. The number of hydrogen-bond acceptors (Lipinski definition) is 3. The van der Waals surface area contributed by atoms with Crippen LogP contribution in [0.1, 0.15) is 43.4 Å². The highest BCUT2D eigenvalue weighted by Crippen LogP contribution is 2.17. The Hall–Kier alpha value is -0.870. The van der Waals surface area contributed by atoms with Gasteiger partial charge in [-0.1, -0.05) is 18.9 Å². The summed E-state index contributed by atoms with van der Waals surface area (Å²) in [6.45, 7) is 0. The molecular weight excluding hydrogens is 244 g/mol. The highest BCUT2D eigenvalue weighted by atomic mass is 32.1. The van der Waals surface area contributed by atoms with Crippen LogP contribution in [0.25, 0.3) is 0 Å². The van der Waals surface area contributed by atoms with E-state index in [4.69, 9.17) is 5.73 Å². The van der Waals surface area contributed by atoms with Gasteiger partial charge < -0.3 is 11.1 Å². The number of thiophene rings is 1. The molecule has 1 aromatic rings. The predicted molar refractivity (Wildman–Crippen MR) is 75.6 cm³/mol. The summed E-state index contributed by atoms with van der Waals surface area (Å²) in [6, 6.07) is 4.54. The second-order valence-electron chi connectivity index (χ2n) is 5.06. The monoisotopic (exact) mass is 266 g/mol. The molecule has 1 aliphatic carbocycles. The van der Waals surface area contributed by atoms with E-state index < -0.39 is 0 Å². The second kappa shape index (κ2) is 6.90. The van der Waals surface area contributed by atoms with Crippen LogP contribution in [0.5, 0.6) is 0 Å². The first kappa shape index (κ1) is 13.6. The Kier molecular flexibility index (Phi) is 5.20. The van der Waals surface area contributed by atoms with Gasteiger partial charge in [0.25, 0.3) is 0 Å². The van der Waals surface area contributed by atoms with Crippen LogP contribution in [-0.2, 0) is 11.2 Å². The Bertz CT molecular complexity index is 364. The normalized spacial score (nSPS) is 23.8. The van der Waals surface area contributed by atoms with E-state index in [0.29, 0.717) is 6.42 Å². The number of nitrogens with two attached hydrogens (primary N) is 1. The number of hydrogen-bond donors (Lipinski definition) is 2. The smallest absolute Gasteiger partial charge is 0.220 e. The van der Waals surface area contributed by atoms with E-state index in [1.165, 1.54) is 17.7 Å². The first-order valence-electron chi connectivity index (χ1n) is 6.83. The Morgan fingerprint density at radius 3 is 3.00 bits per heavy atom. The number of aryl methyl sites for hydroxylation is 1. The summed E-state index contributed by atoms with van der Waals surface area (Å²) in [4.78, 5) is 13.2. The SMILES string of the molecule is NC1CCCCC1NC(=O)CCCc1cccs1. The molecule has 1 saturated carbocycles. The highest BCUT2D eigenvalue weighted by Gasteiger charge is 2.22. The van der Waals surface area contributed by atoms with Gasteiger partial charge >= 0.3 is 0 Å². The quantitative estimate of drug-likeness (QED) is 0.860. The molecule has 1 heterocycles. The lowest BCUT2D eigenvalue weighted by atomic mass is 9.91. The van der Waals surface area contributed by atoms with Crippen LogP contribution < -0.4 is 11.1 Å². The minimum Gasteiger partial charge on any atom is -0.352 e. The molecule has 1 aliphatic rings. The maximum absolute atomic E-state index is 11.8. The third-order valence-electron chi connectivity index (χ3n) is 3.57. The van der Waals surface area contributed by atoms with Crippen molar-refractivity contribution in [3.05, 3.63) is 22.4 Å². The van der Waals surface area contributed by atoms with Gasteiger partial charge in [0.1, 0.15) is 0 Å². The van der Waals surface area contributed by atoms with E-state index in [2.05, 4.69) is 22.8 Å². The van der Waals surface area contributed by atoms with Crippen LogP contribution in [0.15, 0.2) is 17.5 Å². The molecule has 3 nitrogen and oxygen atoms in total. The van der Waals surface area contributed by atoms with Gasteiger partial charge in [-0.05, 0) is 37.1 Å². The third kappa shape index (κ3) is 4.10. The van der Waals surface area contributed by atoms with Gasteiger partial charge in [-0.3, -0.25) is 4.79 Å². The van der Waals surface area contributed by atoms with Gasteiger partial charge in [-0.2, -0.15) is 0 Å². The van der Waals surface area contributed by atoms with Crippen molar-refractivity contribution in [1.82, 2.24) is 5.32 Å². The molecule has 0 radical (unpaired) electrons. The van der Waals surface area contributed by atoms with Crippen LogP contribution in [0.2, 0.25) is 0 Å². The van der Waals surface area contributed by atoms with E-state index in [-0.39, 0.29) is 18.0 Å². The molecule has 2 atom stereocenters. The molecule has 0 saturated heterocycles. The van der Waals surface area contributed by atoms with Crippen molar-refractivity contribution < 1.29 is 4.79 Å².